The molecule has 2 aliphatic heterocycles. The fourth-order valence-electron chi connectivity index (χ4n) is 3.37. The van der Waals surface area contributed by atoms with Gasteiger partial charge in [-0.2, -0.15) is 5.10 Å². The van der Waals surface area contributed by atoms with Gasteiger partial charge in [-0.05, 0) is 33.1 Å². The van der Waals surface area contributed by atoms with Crippen LogP contribution in [0.1, 0.15) is 55.1 Å². The Morgan fingerprint density at radius 1 is 1.41 bits per heavy atom. The second-order valence-corrected chi connectivity index (χ2v) is 6.64. The normalized spacial score (nSPS) is 24.0. The Balaban J connectivity index is 1.58. The Bertz CT molecular complexity index is 500. The minimum absolute atomic E-state index is 0.00125. The lowest BCUT2D eigenvalue weighted by Crippen LogP contribution is -2.46. The van der Waals surface area contributed by atoms with Crippen molar-refractivity contribution in [3.05, 3.63) is 17.5 Å². The minimum Gasteiger partial charge on any atom is -0.381 e. The van der Waals surface area contributed by atoms with E-state index < -0.39 is 0 Å². The van der Waals surface area contributed by atoms with Crippen molar-refractivity contribution in [1.29, 1.82) is 0 Å². The summed E-state index contributed by atoms with van der Waals surface area (Å²) >= 11 is 0. The zero-order chi connectivity index (χ0) is 15.5. The van der Waals surface area contributed by atoms with Gasteiger partial charge in [-0.25, -0.2) is 0 Å². The molecule has 0 spiro atoms. The van der Waals surface area contributed by atoms with Gasteiger partial charge in [0.05, 0.1) is 24.1 Å². The summed E-state index contributed by atoms with van der Waals surface area (Å²) in [4.78, 5) is 15.0. The molecule has 1 atom stereocenters. The Morgan fingerprint density at radius 3 is 2.82 bits per heavy atom. The van der Waals surface area contributed by atoms with Crippen LogP contribution in [-0.4, -0.2) is 59.4 Å². The summed E-state index contributed by atoms with van der Waals surface area (Å²) in [5.41, 5.74) is 1.61. The first-order chi connectivity index (χ1) is 10.6. The van der Waals surface area contributed by atoms with Crippen molar-refractivity contribution in [2.24, 2.45) is 0 Å². The molecule has 0 radical (unpaired) electrons. The minimum atomic E-state index is -0.00125. The number of amides is 1. The molecule has 0 saturated carbocycles. The molecule has 2 N–H and O–H groups in total. The summed E-state index contributed by atoms with van der Waals surface area (Å²) in [6.07, 6.45) is 4.63. The number of aromatic nitrogens is 2. The van der Waals surface area contributed by atoms with Crippen LogP contribution in [0.15, 0.2) is 6.20 Å². The van der Waals surface area contributed by atoms with E-state index in [2.05, 4.69) is 34.3 Å². The number of nitrogens with one attached hydrogen (secondary N) is 2. The number of hydrogen-bond acceptors (Lipinski definition) is 4. The number of hydrogen-bond donors (Lipinski definition) is 2. The number of rotatable bonds is 4. The van der Waals surface area contributed by atoms with E-state index in [1.54, 1.807) is 6.20 Å². The van der Waals surface area contributed by atoms with Crippen molar-refractivity contribution < 1.29 is 9.53 Å². The Morgan fingerprint density at radius 2 is 2.18 bits per heavy atom. The zero-order valence-corrected chi connectivity index (χ0v) is 13.5. The fraction of sp³-hybridized carbons (Fsp3) is 0.750. The number of piperidine rings is 1. The van der Waals surface area contributed by atoms with Crippen LogP contribution in [-0.2, 0) is 4.74 Å². The molecule has 2 saturated heterocycles. The molecule has 2 aliphatic rings. The van der Waals surface area contributed by atoms with Crippen LogP contribution in [0, 0.1) is 0 Å². The average molecular weight is 306 g/mol. The molecule has 122 valence electrons. The molecule has 0 aliphatic carbocycles. The fourth-order valence-corrected chi connectivity index (χ4v) is 3.37. The molecule has 1 unspecified atom stereocenters. The predicted octanol–water partition coefficient (Wildman–Crippen LogP) is 1.52. The number of aromatic amines is 1. The van der Waals surface area contributed by atoms with Gasteiger partial charge < -0.3 is 15.0 Å². The van der Waals surface area contributed by atoms with Gasteiger partial charge in [0.1, 0.15) is 0 Å². The predicted molar refractivity (Wildman–Crippen MR) is 84.0 cm³/mol. The van der Waals surface area contributed by atoms with Crippen molar-refractivity contribution in [1.82, 2.24) is 20.4 Å². The topological polar surface area (TPSA) is 70.2 Å². The number of carbonyl (C=O) groups excluding carboxylic acids is 1. The summed E-state index contributed by atoms with van der Waals surface area (Å²) in [5, 5.41) is 10.2. The van der Waals surface area contributed by atoms with E-state index in [0.29, 0.717) is 18.2 Å². The first-order valence-electron chi connectivity index (χ1n) is 8.31. The van der Waals surface area contributed by atoms with E-state index in [0.717, 1.165) is 44.7 Å². The van der Waals surface area contributed by atoms with E-state index in [9.17, 15) is 4.79 Å². The zero-order valence-electron chi connectivity index (χ0n) is 13.5. The quantitative estimate of drug-likeness (QED) is 0.885. The van der Waals surface area contributed by atoms with Crippen molar-refractivity contribution in [3.63, 3.8) is 0 Å². The summed E-state index contributed by atoms with van der Waals surface area (Å²) in [6, 6.07) is 0.851. The third-order valence-electron chi connectivity index (χ3n) is 4.85. The van der Waals surface area contributed by atoms with E-state index in [-0.39, 0.29) is 17.9 Å². The smallest absolute Gasteiger partial charge is 0.254 e. The van der Waals surface area contributed by atoms with Crippen molar-refractivity contribution >= 4 is 5.91 Å². The SMILES string of the molecule is CC(C)N1CCC(NC(=O)c2cn[nH]c2C2CCOC2)CC1. The molecular formula is C16H26N4O2. The monoisotopic (exact) mass is 306 g/mol. The van der Waals surface area contributed by atoms with E-state index >= 15 is 0 Å². The molecule has 1 amide bonds. The number of likely N-dealkylation sites (tertiary alicyclic amines) is 1. The van der Waals surface area contributed by atoms with Crippen LogP contribution >= 0.6 is 0 Å². The van der Waals surface area contributed by atoms with E-state index in [4.69, 9.17) is 4.74 Å². The van der Waals surface area contributed by atoms with Crippen molar-refractivity contribution in [3.8, 4) is 0 Å². The molecule has 3 heterocycles. The van der Waals surface area contributed by atoms with Crippen LogP contribution in [0.25, 0.3) is 0 Å². The first kappa shape index (κ1) is 15.5. The number of H-pyrrole nitrogens is 1. The highest BCUT2D eigenvalue weighted by Crippen LogP contribution is 2.26. The van der Waals surface area contributed by atoms with Crippen molar-refractivity contribution in [2.45, 2.75) is 51.1 Å². The lowest BCUT2D eigenvalue weighted by molar-refractivity contribution is 0.0899. The molecule has 1 aromatic heterocycles. The van der Waals surface area contributed by atoms with Gasteiger partial charge in [-0.1, -0.05) is 0 Å². The molecule has 6 nitrogen and oxygen atoms in total. The highest BCUT2D eigenvalue weighted by Gasteiger charge is 2.27. The second kappa shape index (κ2) is 6.79. The number of ether oxygens (including phenoxy) is 1. The molecule has 0 bridgehead atoms. The molecule has 3 rings (SSSR count). The van der Waals surface area contributed by atoms with E-state index in [1.165, 1.54) is 0 Å². The summed E-state index contributed by atoms with van der Waals surface area (Å²) in [7, 11) is 0. The third kappa shape index (κ3) is 3.33. The lowest BCUT2D eigenvalue weighted by Gasteiger charge is -2.34. The van der Waals surface area contributed by atoms with Crippen LogP contribution in [0.3, 0.4) is 0 Å². The highest BCUT2D eigenvalue weighted by molar-refractivity contribution is 5.95. The van der Waals surface area contributed by atoms with Gasteiger partial charge in [-0.15, -0.1) is 0 Å². The Kier molecular flexibility index (Phi) is 4.78. The van der Waals surface area contributed by atoms with Gasteiger partial charge in [0.2, 0.25) is 0 Å². The maximum Gasteiger partial charge on any atom is 0.254 e. The first-order valence-corrected chi connectivity index (χ1v) is 8.31. The highest BCUT2D eigenvalue weighted by atomic mass is 16.5. The number of nitrogens with zero attached hydrogens (tertiary/aromatic N) is 2. The molecular weight excluding hydrogens is 280 g/mol. The van der Waals surface area contributed by atoms with Gasteiger partial charge in [0.25, 0.3) is 5.91 Å². The molecule has 1 aromatic rings. The maximum absolute atomic E-state index is 12.5. The molecule has 0 aromatic carbocycles. The summed E-state index contributed by atoms with van der Waals surface area (Å²) in [6.45, 7) is 7.99. The van der Waals surface area contributed by atoms with Gasteiger partial charge in [-0.3, -0.25) is 9.89 Å². The van der Waals surface area contributed by atoms with Crippen molar-refractivity contribution in [2.75, 3.05) is 26.3 Å². The third-order valence-corrected chi connectivity index (χ3v) is 4.85. The number of carbonyl (C=O) groups is 1. The van der Waals surface area contributed by atoms with Crippen LogP contribution in [0.5, 0.6) is 0 Å². The van der Waals surface area contributed by atoms with Crippen LogP contribution < -0.4 is 5.32 Å². The average Bonchev–Trinajstić information content (AvgIpc) is 3.18. The van der Waals surface area contributed by atoms with Crippen LogP contribution in [0.2, 0.25) is 0 Å². The summed E-state index contributed by atoms with van der Waals surface area (Å²) < 4.78 is 5.41. The Hall–Kier alpha value is -1.40. The Labute approximate surface area is 131 Å². The van der Waals surface area contributed by atoms with Crippen LogP contribution in [0.4, 0.5) is 0 Å². The van der Waals surface area contributed by atoms with E-state index in [1.807, 2.05) is 0 Å². The van der Waals surface area contributed by atoms with Gasteiger partial charge in [0, 0.05) is 37.7 Å². The molecule has 6 heteroatoms. The molecule has 2 fully saturated rings. The summed E-state index contributed by atoms with van der Waals surface area (Å²) in [5.74, 6) is 0.268. The standard InChI is InChI=1S/C16H26N4O2/c1-11(2)20-6-3-13(4-7-20)18-16(21)14-9-17-19-15(14)12-5-8-22-10-12/h9,11-13H,3-8,10H2,1-2H3,(H,17,19)(H,18,21). The molecule has 22 heavy (non-hydrogen) atoms. The second-order valence-electron chi connectivity index (χ2n) is 6.64. The van der Waals surface area contributed by atoms with Gasteiger partial charge in [0.15, 0.2) is 0 Å². The van der Waals surface area contributed by atoms with Gasteiger partial charge >= 0.3 is 0 Å². The lowest BCUT2D eigenvalue weighted by atomic mass is 9.99. The largest absolute Gasteiger partial charge is 0.381 e. The maximum atomic E-state index is 12.5.